The summed E-state index contributed by atoms with van der Waals surface area (Å²) >= 11 is 0. The second-order valence-electron chi connectivity index (χ2n) is 19.2. The molecule has 1 fully saturated rings. The van der Waals surface area contributed by atoms with Crippen LogP contribution in [0, 0.1) is 0 Å². The van der Waals surface area contributed by atoms with E-state index in [9.17, 15) is 25.2 Å². The minimum atomic E-state index is -1.53. The maximum atomic E-state index is 10.9. The first-order valence-electron chi connectivity index (χ1n) is 27.5. The summed E-state index contributed by atoms with van der Waals surface area (Å²) in [5.74, 6) is 0. The lowest BCUT2D eigenvalue weighted by Gasteiger charge is -2.26. The maximum Gasteiger partial charge on any atom is 0.150 e. The average molecular weight is 1210 g/mol. The summed E-state index contributed by atoms with van der Waals surface area (Å²) in [7, 11) is -1.53. The average Bonchev–Trinajstić information content (AvgIpc) is 4.22. The van der Waals surface area contributed by atoms with Gasteiger partial charge in [-0.15, -0.1) is 0 Å². The molecule has 0 bridgehead atoms. The maximum absolute atomic E-state index is 10.9. The number of carbonyl (C=O) groups excluding carboxylic acids is 1. The van der Waals surface area contributed by atoms with Gasteiger partial charge in [-0.3, -0.25) is 4.79 Å². The predicted octanol–water partition coefficient (Wildman–Crippen LogP) is 12.3. The highest BCUT2D eigenvalue weighted by molar-refractivity contribution is 7.95. The molecular formula is C71H78IN2O6P. The Kier molecular flexibility index (Phi) is 28.5. The summed E-state index contributed by atoms with van der Waals surface area (Å²) < 4.78 is 4.94. The van der Waals surface area contributed by atoms with E-state index in [2.05, 4.69) is 140 Å². The van der Waals surface area contributed by atoms with Crippen molar-refractivity contribution in [1.29, 1.82) is 0 Å². The van der Waals surface area contributed by atoms with Gasteiger partial charge in [-0.2, -0.15) is 0 Å². The topological polar surface area (TPSA) is 114 Å². The molecular weight excluding hydrogens is 1130 g/mol. The van der Waals surface area contributed by atoms with Crippen molar-refractivity contribution < 1.29 is 53.9 Å². The fourth-order valence-corrected chi connectivity index (χ4v) is 12.0. The van der Waals surface area contributed by atoms with Gasteiger partial charge in [0.1, 0.15) is 29.5 Å². The molecule has 8 nitrogen and oxygen atoms in total. The van der Waals surface area contributed by atoms with Crippen molar-refractivity contribution in [3.63, 3.8) is 0 Å². The summed E-state index contributed by atoms with van der Waals surface area (Å²) in [6.07, 6.45) is 9.27. The first-order valence-corrected chi connectivity index (χ1v) is 29.7. The molecule has 9 aromatic rings. The molecule has 0 unspecified atom stereocenters. The Labute approximate surface area is 499 Å². The van der Waals surface area contributed by atoms with E-state index in [1.54, 1.807) is 12.1 Å². The second kappa shape index (κ2) is 35.6. The standard InChI is InChI=1S/C22H21NO2.C21H19NO3.C19H18P.C5H12.C4H8O.HI/c1-2-17-3-9-20(10-4-17)23(21-11-5-18(15-24)6-12-21)22-13-7-19(16-25)8-14-22;23-13-16-1-7-19(8-2-16)22(20-9-3-17(14-24)4-10-20)21-11-5-18(15-25)6-12-21;1-20(17-11-5-2-6-12-17,18-13-7-3-8-14-18)19-15-9-4-10-16-19;1-3-5-4-2;1-2-4-5-3-1;/h2-14,24-25H,1,15-16H2;1-13,24-25H,14-15H2;2-16H,1H3;3-5H2,1-2H3;1-4H2;1H/q;;+1;;;/p-1. The molecule has 0 amide bonds. The molecule has 0 atom stereocenters. The number of benzene rings is 9. The van der Waals surface area contributed by atoms with E-state index in [0.717, 1.165) is 81.4 Å². The first-order chi connectivity index (χ1) is 39.2. The Morgan fingerprint density at radius 2 is 0.679 bits per heavy atom. The number of aliphatic hydroxyl groups excluding tert-OH is 4. The highest BCUT2D eigenvalue weighted by Crippen LogP contribution is 2.51. The molecule has 10 heteroatoms. The Bertz CT molecular complexity index is 2780. The van der Waals surface area contributed by atoms with Gasteiger partial charge in [-0.25, -0.2) is 0 Å². The molecule has 0 radical (unpaired) electrons. The van der Waals surface area contributed by atoms with Crippen LogP contribution in [0.15, 0.2) is 243 Å². The van der Waals surface area contributed by atoms with E-state index in [-0.39, 0.29) is 50.4 Å². The van der Waals surface area contributed by atoms with Crippen LogP contribution in [0.25, 0.3) is 6.08 Å². The van der Waals surface area contributed by atoms with Gasteiger partial charge >= 0.3 is 0 Å². The number of aldehydes is 1. The smallest absolute Gasteiger partial charge is 0.150 e. The SMILES string of the molecule is C1CCOC1.C=Cc1ccc(N(c2ccc(CO)cc2)c2ccc(CO)cc2)cc1.CCCCC.C[P+](c1ccccc1)(c1ccccc1)c1ccccc1.O=Cc1ccc(N(c2ccc(CO)cc2)c2ccc(CO)cc2)cc1.[I-]. The van der Waals surface area contributed by atoms with Gasteiger partial charge in [-0.05, 0) is 162 Å². The molecule has 4 N–H and O–H groups in total. The predicted molar refractivity (Wildman–Crippen MR) is 338 cm³/mol. The third-order valence-corrected chi connectivity index (χ3v) is 17.5. The lowest BCUT2D eigenvalue weighted by atomic mass is 10.1. The van der Waals surface area contributed by atoms with E-state index in [4.69, 9.17) is 4.74 Å². The number of unbranched alkanes of at least 4 members (excludes halogenated alkanes) is 2. The second-order valence-corrected chi connectivity index (χ2v) is 22.7. The van der Waals surface area contributed by atoms with E-state index >= 15 is 0 Å². The Morgan fingerprint density at radius 1 is 0.420 bits per heavy atom. The number of carbonyl (C=O) groups is 1. The van der Waals surface area contributed by atoms with Crippen LogP contribution < -0.4 is 49.7 Å². The Hall–Kier alpha value is -7.05. The van der Waals surface area contributed by atoms with Crippen LogP contribution >= 0.6 is 7.26 Å². The van der Waals surface area contributed by atoms with Gasteiger partial charge in [0.15, 0.2) is 0 Å². The van der Waals surface area contributed by atoms with E-state index < -0.39 is 7.26 Å². The van der Waals surface area contributed by atoms with E-state index in [1.165, 1.54) is 48.0 Å². The van der Waals surface area contributed by atoms with Crippen molar-refractivity contribution in [2.45, 2.75) is 72.4 Å². The van der Waals surface area contributed by atoms with Crippen molar-refractivity contribution in [1.82, 2.24) is 0 Å². The monoisotopic (exact) mass is 1210 g/mol. The summed E-state index contributed by atoms with van der Waals surface area (Å²) in [4.78, 5) is 15.1. The lowest BCUT2D eigenvalue weighted by molar-refractivity contribution is -0.0000263. The van der Waals surface area contributed by atoms with Crippen molar-refractivity contribution in [3.05, 3.63) is 277 Å². The number of ether oxygens (including phenoxy) is 1. The molecule has 0 saturated carbocycles. The highest BCUT2D eigenvalue weighted by Gasteiger charge is 2.39. The van der Waals surface area contributed by atoms with Crippen LogP contribution in [0.4, 0.5) is 34.1 Å². The van der Waals surface area contributed by atoms with Gasteiger partial charge in [0.05, 0.1) is 33.1 Å². The van der Waals surface area contributed by atoms with Crippen LogP contribution in [0.3, 0.4) is 0 Å². The number of hydrogen-bond acceptors (Lipinski definition) is 8. The zero-order valence-electron chi connectivity index (χ0n) is 47.0. The Balaban J connectivity index is 0.000000204. The summed E-state index contributed by atoms with van der Waals surface area (Å²) in [5.41, 5.74) is 10.9. The quantitative estimate of drug-likeness (QED) is 0.0405. The zero-order valence-corrected chi connectivity index (χ0v) is 50.0. The molecule has 1 heterocycles. The number of anilines is 6. The van der Waals surface area contributed by atoms with Crippen molar-refractivity contribution in [2.75, 3.05) is 29.7 Å². The van der Waals surface area contributed by atoms with Gasteiger partial charge in [0.25, 0.3) is 0 Å². The van der Waals surface area contributed by atoms with Gasteiger partial charge < -0.3 is 58.9 Å². The molecule has 0 spiro atoms. The third kappa shape index (κ3) is 19.3. The molecule has 0 aliphatic carbocycles. The molecule has 81 heavy (non-hydrogen) atoms. The van der Waals surface area contributed by atoms with E-state index in [0.29, 0.717) is 5.56 Å². The summed E-state index contributed by atoms with van der Waals surface area (Å²) in [6.45, 7) is 12.7. The molecule has 0 aromatic heterocycles. The number of rotatable bonds is 17. The molecule has 420 valence electrons. The van der Waals surface area contributed by atoms with Crippen LogP contribution in [-0.4, -0.2) is 46.6 Å². The highest BCUT2D eigenvalue weighted by atomic mass is 127. The Morgan fingerprint density at radius 3 is 0.877 bits per heavy atom. The fraction of sp³-hybridized carbons (Fsp3) is 0.197. The zero-order chi connectivity index (χ0) is 56.8. The van der Waals surface area contributed by atoms with Crippen molar-refractivity contribution in [3.8, 4) is 0 Å². The molecule has 1 saturated heterocycles. The lowest BCUT2D eigenvalue weighted by Crippen LogP contribution is -3.00. The van der Waals surface area contributed by atoms with Gasteiger partial charge in [0, 0.05) is 52.9 Å². The van der Waals surface area contributed by atoms with E-state index in [1.807, 2.05) is 127 Å². The first kappa shape index (κ1) is 64.8. The van der Waals surface area contributed by atoms with Gasteiger partial charge in [0.2, 0.25) is 0 Å². The minimum absolute atomic E-state index is 0. The molecule has 10 rings (SSSR count). The number of aliphatic hydroxyl groups is 4. The van der Waals surface area contributed by atoms with Crippen LogP contribution in [0.1, 0.15) is 84.1 Å². The largest absolute Gasteiger partial charge is 1.00 e. The molecule has 9 aromatic carbocycles. The van der Waals surface area contributed by atoms with Crippen molar-refractivity contribution >= 4 is 69.7 Å². The number of nitrogens with zero attached hydrogens (tertiary/aromatic N) is 2. The normalized spacial score (nSPS) is 11.2. The summed E-state index contributed by atoms with van der Waals surface area (Å²) in [6, 6.07) is 79.1. The van der Waals surface area contributed by atoms with Crippen LogP contribution in [0.5, 0.6) is 0 Å². The van der Waals surface area contributed by atoms with Gasteiger partial charge in [-0.1, -0.05) is 161 Å². The van der Waals surface area contributed by atoms with Crippen LogP contribution in [0.2, 0.25) is 0 Å². The fourth-order valence-electron chi connectivity index (χ4n) is 8.85. The minimum Gasteiger partial charge on any atom is -1.00 e. The molecule has 1 aliphatic rings. The third-order valence-electron chi connectivity index (χ3n) is 13.5. The van der Waals surface area contributed by atoms with Crippen molar-refractivity contribution in [2.24, 2.45) is 0 Å². The van der Waals surface area contributed by atoms with Crippen LogP contribution in [-0.2, 0) is 31.2 Å². The summed E-state index contributed by atoms with van der Waals surface area (Å²) in [5, 5.41) is 41.3. The number of hydrogen-bond donors (Lipinski definition) is 4. The molecule has 1 aliphatic heterocycles. The number of halogens is 1.